The highest BCUT2D eigenvalue weighted by Gasteiger charge is 2.18. The second kappa shape index (κ2) is 6.83. The number of methoxy groups -OCH3 is 2. The highest BCUT2D eigenvalue weighted by molar-refractivity contribution is 5.94. The Morgan fingerprint density at radius 2 is 1.92 bits per heavy atom. The van der Waals surface area contributed by atoms with Crippen LogP contribution in [0.5, 0.6) is 17.2 Å². The van der Waals surface area contributed by atoms with Crippen LogP contribution >= 0.6 is 0 Å². The Morgan fingerprint density at radius 1 is 1.12 bits per heavy atom. The molecule has 0 fully saturated rings. The van der Waals surface area contributed by atoms with Gasteiger partial charge in [-0.1, -0.05) is 6.07 Å². The summed E-state index contributed by atoms with van der Waals surface area (Å²) < 4.78 is 16.0. The number of benzene rings is 2. The van der Waals surface area contributed by atoms with Crippen molar-refractivity contribution < 1.29 is 19.0 Å². The van der Waals surface area contributed by atoms with E-state index in [9.17, 15) is 4.79 Å². The molecule has 0 bridgehead atoms. The smallest absolute Gasteiger partial charge is 0.253 e. The maximum absolute atomic E-state index is 12.7. The van der Waals surface area contributed by atoms with Gasteiger partial charge in [-0.05, 0) is 41.5 Å². The van der Waals surface area contributed by atoms with E-state index in [1.165, 1.54) is 0 Å². The first-order valence-electron chi connectivity index (χ1n) is 7.84. The number of fused-ring (bicyclic) bond motifs is 1. The largest absolute Gasteiger partial charge is 0.493 e. The van der Waals surface area contributed by atoms with Crippen LogP contribution in [0.25, 0.3) is 0 Å². The van der Waals surface area contributed by atoms with Gasteiger partial charge in [0, 0.05) is 25.6 Å². The van der Waals surface area contributed by atoms with E-state index in [0.29, 0.717) is 30.2 Å². The molecular weight excluding hydrogens is 306 g/mol. The molecule has 0 aromatic heterocycles. The van der Waals surface area contributed by atoms with Crippen LogP contribution in [0.15, 0.2) is 36.4 Å². The maximum Gasteiger partial charge on any atom is 0.253 e. The zero-order valence-corrected chi connectivity index (χ0v) is 14.2. The Morgan fingerprint density at radius 3 is 2.67 bits per heavy atom. The third-order valence-corrected chi connectivity index (χ3v) is 4.15. The summed E-state index contributed by atoms with van der Waals surface area (Å²) in [6.45, 7) is 1.18. The molecule has 24 heavy (non-hydrogen) atoms. The fourth-order valence-electron chi connectivity index (χ4n) is 2.86. The summed E-state index contributed by atoms with van der Waals surface area (Å²) in [5.74, 6) is 2.20. The normalized spacial score (nSPS) is 12.3. The van der Waals surface area contributed by atoms with E-state index in [-0.39, 0.29) is 5.91 Å². The van der Waals surface area contributed by atoms with E-state index in [2.05, 4.69) is 0 Å². The lowest BCUT2D eigenvalue weighted by atomic mass is 10.1. The summed E-state index contributed by atoms with van der Waals surface area (Å²) in [7, 11) is 5.00. The Bertz CT molecular complexity index is 757. The van der Waals surface area contributed by atoms with Crippen LogP contribution in [0.3, 0.4) is 0 Å². The van der Waals surface area contributed by atoms with Crippen molar-refractivity contribution in [1.29, 1.82) is 0 Å². The highest BCUT2D eigenvalue weighted by atomic mass is 16.5. The molecule has 1 heterocycles. The van der Waals surface area contributed by atoms with Crippen LogP contribution in [0.2, 0.25) is 0 Å². The van der Waals surface area contributed by atoms with E-state index in [0.717, 1.165) is 23.3 Å². The van der Waals surface area contributed by atoms with E-state index < -0.39 is 0 Å². The van der Waals surface area contributed by atoms with Gasteiger partial charge >= 0.3 is 0 Å². The fraction of sp³-hybridized carbons (Fsp3) is 0.316. The van der Waals surface area contributed by atoms with Gasteiger partial charge in [0.05, 0.1) is 20.8 Å². The monoisotopic (exact) mass is 327 g/mol. The third kappa shape index (κ3) is 3.15. The standard InChI is InChI=1S/C19H21NO4/c1-20(12-13-4-6-17(22-2)18(10-13)23-3)19(21)15-5-7-16-14(11-15)8-9-24-16/h4-7,10-11H,8-9,12H2,1-3H3. The first-order chi connectivity index (χ1) is 11.6. The Balaban J connectivity index is 1.74. The van der Waals surface area contributed by atoms with Gasteiger partial charge in [0.15, 0.2) is 11.5 Å². The third-order valence-electron chi connectivity index (χ3n) is 4.15. The minimum atomic E-state index is -0.0144. The fourth-order valence-corrected chi connectivity index (χ4v) is 2.86. The van der Waals surface area contributed by atoms with E-state index in [1.54, 1.807) is 26.2 Å². The van der Waals surface area contributed by atoms with Crippen LogP contribution < -0.4 is 14.2 Å². The van der Waals surface area contributed by atoms with Gasteiger partial charge in [0.2, 0.25) is 0 Å². The van der Waals surface area contributed by atoms with Gasteiger partial charge in [-0.15, -0.1) is 0 Å². The lowest BCUT2D eigenvalue weighted by Crippen LogP contribution is -2.26. The number of amides is 1. The van der Waals surface area contributed by atoms with Gasteiger partial charge in [-0.25, -0.2) is 0 Å². The molecule has 2 aromatic rings. The SMILES string of the molecule is COc1ccc(CN(C)C(=O)c2ccc3c(c2)CCO3)cc1OC. The average molecular weight is 327 g/mol. The number of nitrogens with zero attached hydrogens (tertiary/aromatic N) is 1. The molecule has 0 atom stereocenters. The molecule has 5 heteroatoms. The minimum Gasteiger partial charge on any atom is -0.493 e. The first-order valence-corrected chi connectivity index (χ1v) is 7.84. The quantitative estimate of drug-likeness (QED) is 0.847. The highest BCUT2D eigenvalue weighted by Crippen LogP contribution is 2.29. The van der Waals surface area contributed by atoms with Crippen LogP contribution in [-0.2, 0) is 13.0 Å². The van der Waals surface area contributed by atoms with Crippen molar-refractivity contribution >= 4 is 5.91 Å². The number of hydrogen-bond donors (Lipinski definition) is 0. The Hall–Kier alpha value is -2.69. The zero-order chi connectivity index (χ0) is 17.1. The van der Waals surface area contributed by atoms with Gasteiger partial charge in [-0.3, -0.25) is 4.79 Å². The first kappa shape index (κ1) is 16.2. The second-order valence-electron chi connectivity index (χ2n) is 5.77. The lowest BCUT2D eigenvalue weighted by molar-refractivity contribution is 0.0785. The summed E-state index contributed by atoms with van der Waals surface area (Å²) in [4.78, 5) is 14.3. The summed E-state index contributed by atoms with van der Waals surface area (Å²) in [6.07, 6.45) is 0.857. The summed E-state index contributed by atoms with van der Waals surface area (Å²) in [5.41, 5.74) is 2.76. The molecule has 2 aromatic carbocycles. The molecule has 0 N–H and O–H groups in total. The number of rotatable bonds is 5. The molecule has 5 nitrogen and oxygen atoms in total. The van der Waals surface area contributed by atoms with E-state index in [1.807, 2.05) is 36.4 Å². The van der Waals surface area contributed by atoms with Crippen LogP contribution in [0.4, 0.5) is 0 Å². The molecule has 0 radical (unpaired) electrons. The van der Waals surface area contributed by atoms with Gasteiger partial charge in [-0.2, -0.15) is 0 Å². The van der Waals surface area contributed by atoms with E-state index >= 15 is 0 Å². The summed E-state index contributed by atoms with van der Waals surface area (Å²) in [6, 6.07) is 11.3. The van der Waals surface area contributed by atoms with Crippen LogP contribution in [0.1, 0.15) is 21.5 Å². The number of ether oxygens (including phenoxy) is 3. The van der Waals surface area contributed by atoms with Crippen molar-refractivity contribution in [2.45, 2.75) is 13.0 Å². The number of carbonyl (C=O) groups is 1. The Kier molecular flexibility index (Phi) is 4.60. The average Bonchev–Trinajstić information content (AvgIpc) is 3.08. The van der Waals surface area contributed by atoms with Crippen LogP contribution in [0, 0.1) is 0 Å². The van der Waals surface area contributed by atoms with Crippen LogP contribution in [-0.4, -0.2) is 38.7 Å². The molecule has 0 aliphatic carbocycles. The van der Waals surface area contributed by atoms with Crippen molar-refractivity contribution in [1.82, 2.24) is 4.90 Å². The van der Waals surface area contributed by atoms with Crippen molar-refractivity contribution in [2.75, 3.05) is 27.9 Å². The molecule has 126 valence electrons. The van der Waals surface area contributed by atoms with E-state index in [4.69, 9.17) is 14.2 Å². The minimum absolute atomic E-state index is 0.0144. The van der Waals surface area contributed by atoms with Crippen molar-refractivity contribution in [3.63, 3.8) is 0 Å². The molecule has 3 rings (SSSR count). The molecular formula is C19H21NO4. The number of hydrogen-bond acceptors (Lipinski definition) is 4. The van der Waals surface area contributed by atoms with Gasteiger partial charge in [0.1, 0.15) is 5.75 Å². The molecule has 0 saturated carbocycles. The molecule has 1 amide bonds. The predicted molar refractivity (Wildman–Crippen MR) is 91.0 cm³/mol. The number of carbonyl (C=O) groups excluding carboxylic acids is 1. The zero-order valence-electron chi connectivity index (χ0n) is 14.2. The second-order valence-corrected chi connectivity index (χ2v) is 5.77. The van der Waals surface area contributed by atoms with Crippen molar-refractivity contribution in [2.24, 2.45) is 0 Å². The molecule has 1 aliphatic heterocycles. The molecule has 0 saturated heterocycles. The lowest BCUT2D eigenvalue weighted by Gasteiger charge is -2.18. The molecule has 0 unspecified atom stereocenters. The summed E-state index contributed by atoms with van der Waals surface area (Å²) in [5, 5.41) is 0. The Labute approximate surface area is 141 Å². The molecule has 0 spiro atoms. The topological polar surface area (TPSA) is 48.0 Å². The van der Waals surface area contributed by atoms with Gasteiger partial charge < -0.3 is 19.1 Å². The maximum atomic E-state index is 12.7. The van der Waals surface area contributed by atoms with Crippen molar-refractivity contribution in [3.8, 4) is 17.2 Å². The summed E-state index contributed by atoms with van der Waals surface area (Å²) >= 11 is 0. The molecule has 1 aliphatic rings. The van der Waals surface area contributed by atoms with Crippen molar-refractivity contribution in [3.05, 3.63) is 53.1 Å². The van der Waals surface area contributed by atoms with Gasteiger partial charge in [0.25, 0.3) is 5.91 Å². The predicted octanol–water partition coefficient (Wildman–Crippen LogP) is 2.91.